The van der Waals surface area contributed by atoms with E-state index in [4.69, 9.17) is 16.3 Å². The lowest BCUT2D eigenvalue weighted by Gasteiger charge is -2.36. The Morgan fingerprint density at radius 3 is 2.61 bits per heavy atom. The quantitative estimate of drug-likeness (QED) is 0.918. The van der Waals surface area contributed by atoms with Gasteiger partial charge in [0.05, 0.1) is 0 Å². The van der Waals surface area contributed by atoms with Gasteiger partial charge in [0.1, 0.15) is 5.75 Å². The topological polar surface area (TPSA) is 41.6 Å². The van der Waals surface area contributed by atoms with E-state index in [-0.39, 0.29) is 5.91 Å². The van der Waals surface area contributed by atoms with Crippen molar-refractivity contribution in [2.75, 3.05) is 7.05 Å². The molecule has 3 atom stereocenters. The van der Waals surface area contributed by atoms with Gasteiger partial charge in [-0.1, -0.05) is 11.6 Å². The summed E-state index contributed by atoms with van der Waals surface area (Å²) in [5, 5.41) is 4.29. The van der Waals surface area contributed by atoms with Crippen molar-refractivity contribution in [3.63, 3.8) is 0 Å². The fourth-order valence-corrected chi connectivity index (χ4v) is 4.02. The highest BCUT2D eigenvalue weighted by atomic mass is 35.5. The maximum Gasteiger partial charge on any atom is 0.263 e. The van der Waals surface area contributed by atoms with E-state index >= 15 is 0 Å². The van der Waals surface area contributed by atoms with E-state index in [0.29, 0.717) is 28.9 Å². The van der Waals surface area contributed by atoms with Crippen LogP contribution in [-0.4, -0.2) is 42.1 Å². The molecule has 0 aliphatic carbocycles. The van der Waals surface area contributed by atoms with Crippen molar-refractivity contribution in [2.45, 2.75) is 63.8 Å². The van der Waals surface area contributed by atoms with Crippen molar-refractivity contribution in [1.29, 1.82) is 0 Å². The van der Waals surface area contributed by atoms with E-state index in [1.165, 1.54) is 12.8 Å². The first kappa shape index (κ1) is 16.6. The lowest BCUT2D eigenvalue weighted by Crippen LogP contribution is -2.51. The van der Waals surface area contributed by atoms with E-state index in [9.17, 15) is 4.79 Å². The van der Waals surface area contributed by atoms with Gasteiger partial charge in [0.25, 0.3) is 5.91 Å². The zero-order valence-corrected chi connectivity index (χ0v) is 14.8. The van der Waals surface area contributed by atoms with E-state index in [1.54, 1.807) is 6.07 Å². The zero-order chi connectivity index (χ0) is 16.6. The van der Waals surface area contributed by atoms with Crippen molar-refractivity contribution in [3.05, 3.63) is 28.8 Å². The molecule has 1 aromatic rings. The van der Waals surface area contributed by atoms with Crippen LogP contribution >= 0.6 is 11.6 Å². The van der Waals surface area contributed by atoms with E-state index < -0.39 is 6.10 Å². The van der Waals surface area contributed by atoms with Crippen LogP contribution in [0.3, 0.4) is 0 Å². The number of benzene rings is 1. The number of nitrogens with one attached hydrogen (secondary N) is 1. The van der Waals surface area contributed by atoms with Crippen LogP contribution in [0.1, 0.15) is 38.2 Å². The fourth-order valence-electron chi connectivity index (χ4n) is 3.80. The number of aryl methyl sites for hydroxylation is 1. The van der Waals surface area contributed by atoms with Crippen LogP contribution in [0, 0.1) is 6.92 Å². The van der Waals surface area contributed by atoms with Gasteiger partial charge >= 0.3 is 0 Å². The minimum atomic E-state index is -0.493. The van der Waals surface area contributed by atoms with E-state index in [0.717, 1.165) is 18.4 Å². The summed E-state index contributed by atoms with van der Waals surface area (Å²) in [7, 11) is 1.91. The molecule has 3 unspecified atom stereocenters. The molecule has 0 aromatic heterocycles. The number of amides is 1. The summed E-state index contributed by atoms with van der Waals surface area (Å²) in [4.78, 5) is 14.6. The first-order valence-corrected chi connectivity index (χ1v) is 8.77. The van der Waals surface area contributed by atoms with Gasteiger partial charge in [-0.2, -0.15) is 0 Å². The molecule has 2 aliphatic rings. The standard InChI is InChI=1S/C18H25ClN2O2/c1-11-8-13(19)4-7-17(11)23-12(2)18(22)21(3)16-9-14-5-6-15(10-16)20-14/h4,7-8,12,14-16,20H,5-6,9-10H2,1-3H3. The van der Waals surface area contributed by atoms with Crippen LogP contribution < -0.4 is 10.1 Å². The van der Waals surface area contributed by atoms with Crippen LogP contribution in [0.2, 0.25) is 5.02 Å². The van der Waals surface area contributed by atoms with Crippen molar-refractivity contribution < 1.29 is 9.53 Å². The third-order valence-electron chi connectivity index (χ3n) is 5.13. The van der Waals surface area contributed by atoms with Crippen LogP contribution in [-0.2, 0) is 4.79 Å². The van der Waals surface area contributed by atoms with Gasteiger partial charge in [-0.3, -0.25) is 4.79 Å². The zero-order valence-electron chi connectivity index (χ0n) is 14.0. The summed E-state index contributed by atoms with van der Waals surface area (Å²) in [5.74, 6) is 0.764. The molecule has 1 aromatic carbocycles. The van der Waals surface area contributed by atoms with Crippen molar-refractivity contribution in [2.24, 2.45) is 0 Å². The summed E-state index contributed by atoms with van der Waals surface area (Å²) in [6, 6.07) is 6.93. The molecule has 1 N–H and O–H groups in total. The van der Waals surface area contributed by atoms with Crippen LogP contribution in [0.15, 0.2) is 18.2 Å². The van der Waals surface area contributed by atoms with Gasteiger partial charge in [-0.15, -0.1) is 0 Å². The number of carbonyl (C=O) groups is 1. The van der Waals surface area contributed by atoms with E-state index in [1.807, 2.05) is 37.9 Å². The number of fused-ring (bicyclic) bond motifs is 2. The first-order valence-electron chi connectivity index (χ1n) is 8.39. The molecule has 4 nitrogen and oxygen atoms in total. The second-order valence-electron chi connectivity index (χ2n) is 6.88. The van der Waals surface area contributed by atoms with Crippen molar-refractivity contribution >= 4 is 17.5 Å². The third-order valence-corrected chi connectivity index (χ3v) is 5.37. The maximum absolute atomic E-state index is 12.7. The molecule has 0 spiro atoms. The smallest absolute Gasteiger partial charge is 0.263 e. The molecule has 2 saturated heterocycles. The van der Waals surface area contributed by atoms with E-state index in [2.05, 4.69) is 5.32 Å². The minimum Gasteiger partial charge on any atom is -0.481 e. The van der Waals surface area contributed by atoms with Gasteiger partial charge in [0.2, 0.25) is 0 Å². The summed E-state index contributed by atoms with van der Waals surface area (Å²) in [6.07, 6.45) is 4.07. The number of carbonyl (C=O) groups excluding carboxylic acids is 1. The predicted octanol–water partition coefficient (Wildman–Crippen LogP) is 3.16. The second kappa shape index (κ2) is 6.70. The fraction of sp³-hybridized carbons (Fsp3) is 0.611. The normalized spacial score (nSPS) is 27.6. The number of hydrogen-bond acceptors (Lipinski definition) is 3. The molecule has 3 rings (SSSR count). The monoisotopic (exact) mass is 336 g/mol. The third kappa shape index (κ3) is 3.64. The second-order valence-corrected chi connectivity index (χ2v) is 7.32. The Hall–Kier alpha value is -1.26. The van der Waals surface area contributed by atoms with Crippen LogP contribution in [0.5, 0.6) is 5.75 Å². The molecular weight excluding hydrogens is 312 g/mol. The minimum absolute atomic E-state index is 0.0469. The molecule has 1 amide bonds. The predicted molar refractivity (Wildman–Crippen MR) is 92.0 cm³/mol. The van der Waals surface area contributed by atoms with Gasteiger partial charge in [0, 0.05) is 30.2 Å². The molecule has 126 valence electrons. The Labute approximate surface area is 143 Å². The van der Waals surface area contributed by atoms with Gasteiger partial charge in [-0.25, -0.2) is 0 Å². The number of ether oxygens (including phenoxy) is 1. The van der Waals surface area contributed by atoms with Gasteiger partial charge in [0.15, 0.2) is 6.10 Å². The average molecular weight is 337 g/mol. The lowest BCUT2D eigenvalue weighted by molar-refractivity contribution is -0.139. The Balaban J connectivity index is 1.62. The Morgan fingerprint density at radius 1 is 1.35 bits per heavy atom. The number of halogens is 1. The first-order chi connectivity index (χ1) is 10.9. The molecule has 0 saturated carbocycles. The molecule has 23 heavy (non-hydrogen) atoms. The SMILES string of the molecule is Cc1cc(Cl)ccc1OC(C)C(=O)N(C)C1CC2CCC(C1)N2. The lowest BCUT2D eigenvalue weighted by atomic mass is 9.98. The summed E-state index contributed by atoms with van der Waals surface area (Å²) in [5.41, 5.74) is 0.944. The summed E-state index contributed by atoms with van der Waals surface area (Å²) < 4.78 is 5.88. The molecule has 5 heteroatoms. The highest BCUT2D eigenvalue weighted by Crippen LogP contribution is 2.30. The number of nitrogens with zero attached hydrogens (tertiary/aromatic N) is 1. The number of piperidine rings is 1. The highest BCUT2D eigenvalue weighted by molar-refractivity contribution is 6.30. The molecule has 0 radical (unpaired) electrons. The Kier molecular flexibility index (Phi) is 4.83. The number of likely N-dealkylation sites (N-methyl/N-ethyl adjacent to an activating group) is 1. The summed E-state index contributed by atoms with van der Waals surface area (Å²) >= 11 is 5.96. The molecule has 2 fully saturated rings. The molecule has 2 heterocycles. The van der Waals surface area contributed by atoms with Gasteiger partial charge in [-0.05, 0) is 63.3 Å². The Morgan fingerprint density at radius 2 is 2.00 bits per heavy atom. The highest BCUT2D eigenvalue weighted by Gasteiger charge is 2.37. The average Bonchev–Trinajstić information content (AvgIpc) is 2.86. The maximum atomic E-state index is 12.7. The van der Waals surface area contributed by atoms with Crippen molar-refractivity contribution in [3.8, 4) is 5.75 Å². The molecule has 2 aliphatic heterocycles. The van der Waals surface area contributed by atoms with Gasteiger partial charge < -0.3 is 15.0 Å². The number of hydrogen-bond donors (Lipinski definition) is 1. The Bertz CT molecular complexity index is 580. The molecular formula is C18H25ClN2O2. The van der Waals surface area contributed by atoms with Crippen molar-refractivity contribution in [1.82, 2.24) is 10.2 Å². The number of rotatable bonds is 4. The largest absolute Gasteiger partial charge is 0.481 e. The summed E-state index contributed by atoms with van der Waals surface area (Å²) in [6.45, 7) is 3.76. The van der Waals surface area contributed by atoms with Crippen LogP contribution in [0.25, 0.3) is 0 Å². The van der Waals surface area contributed by atoms with Crippen LogP contribution in [0.4, 0.5) is 0 Å². The molecule has 2 bridgehead atoms.